The zero-order chi connectivity index (χ0) is 26.4. The van der Waals surface area contributed by atoms with E-state index in [2.05, 4.69) is 4.98 Å². The summed E-state index contributed by atoms with van der Waals surface area (Å²) in [6.07, 6.45) is 0. The number of hydrogen-bond acceptors (Lipinski definition) is 7. The van der Waals surface area contributed by atoms with Crippen LogP contribution in [-0.4, -0.2) is 36.0 Å². The third-order valence-corrected chi connectivity index (χ3v) is 7.58. The highest BCUT2D eigenvalue weighted by Crippen LogP contribution is 2.46. The number of halogens is 2. The van der Waals surface area contributed by atoms with Crippen molar-refractivity contribution >= 4 is 67.3 Å². The van der Waals surface area contributed by atoms with Gasteiger partial charge in [-0.15, -0.1) is 0 Å². The molecule has 188 valence electrons. The van der Waals surface area contributed by atoms with Crippen molar-refractivity contribution in [3.8, 4) is 11.5 Å². The number of aromatic nitrogens is 1. The summed E-state index contributed by atoms with van der Waals surface area (Å²) in [4.78, 5) is 33.0. The number of fused-ring (bicyclic) bond motifs is 1. The van der Waals surface area contributed by atoms with E-state index in [1.807, 2.05) is 25.1 Å². The van der Waals surface area contributed by atoms with Gasteiger partial charge in [-0.3, -0.25) is 14.5 Å². The van der Waals surface area contributed by atoms with Gasteiger partial charge in [-0.25, -0.2) is 4.98 Å². The highest BCUT2D eigenvalue weighted by Gasteiger charge is 2.48. The molecule has 1 amide bonds. The van der Waals surface area contributed by atoms with Crippen LogP contribution in [0.15, 0.2) is 60.2 Å². The summed E-state index contributed by atoms with van der Waals surface area (Å²) in [5, 5.41) is 12.2. The first-order chi connectivity index (χ1) is 17.7. The van der Waals surface area contributed by atoms with Gasteiger partial charge < -0.3 is 14.6 Å². The lowest BCUT2D eigenvalue weighted by molar-refractivity contribution is -0.132. The van der Waals surface area contributed by atoms with Crippen LogP contribution in [0.25, 0.3) is 16.0 Å². The molecule has 0 saturated carbocycles. The van der Waals surface area contributed by atoms with E-state index in [0.29, 0.717) is 22.0 Å². The minimum Gasteiger partial charge on any atom is -0.507 e. The minimum atomic E-state index is -1.00. The molecule has 1 aliphatic heterocycles. The van der Waals surface area contributed by atoms with Crippen LogP contribution < -0.4 is 14.4 Å². The Hall–Kier alpha value is -3.59. The molecule has 10 heteroatoms. The molecule has 1 fully saturated rings. The van der Waals surface area contributed by atoms with Crippen molar-refractivity contribution in [3.63, 3.8) is 0 Å². The standard InChI is InChI=1S/C27H20Cl2N2O5S/c1-13-7-8-19-20(9-13)37-27(30-19)31-22(14-5-4-6-16(10-14)35-2)21(24(33)26(31)34)23(32)17-11-15(28)12-18(29)25(17)36-3/h4-12,22,32H,1-3H3/b23-21+. The van der Waals surface area contributed by atoms with Crippen molar-refractivity contribution in [2.75, 3.05) is 19.1 Å². The third-order valence-electron chi connectivity index (χ3n) is 6.06. The van der Waals surface area contributed by atoms with Crippen molar-refractivity contribution in [1.29, 1.82) is 0 Å². The zero-order valence-corrected chi connectivity index (χ0v) is 22.2. The molecule has 0 radical (unpaired) electrons. The lowest BCUT2D eigenvalue weighted by Crippen LogP contribution is -2.29. The zero-order valence-electron chi connectivity index (χ0n) is 19.9. The van der Waals surface area contributed by atoms with Gasteiger partial charge in [0.15, 0.2) is 5.13 Å². The number of anilines is 1. The molecule has 1 saturated heterocycles. The van der Waals surface area contributed by atoms with Crippen molar-refractivity contribution < 1.29 is 24.2 Å². The predicted octanol–water partition coefficient (Wildman–Crippen LogP) is 6.56. The van der Waals surface area contributed by atoms with Gasteiger partial charge in [0.05, 0.1) is 46.6 Å². The summed E-state index contributed by atoms with van der Waals surface area (Å²) >= 11 is 13.8. The predicted molar refractivity (Wildman–Crippen MR) is 145 cm³/mol. The normalized spacial score (nSPS) is 17.0. The SMILES string of the molecule is COc1cccc(C2/C(=C(\O)c3cc(Cl)cc(Cl)c3OC)C(=O)C(=O)N2c2nc3ccc(C)cc3s2)c1. The molecule has 2 heterocycles. The van der Waals surface area contributed by atoms with Crippen LogP contribution in [0.3, 0.4) is 0 Å². The van der Waals surface area contributed by atoms with Crippen LogP contribution in [-0.2, 0) is 9.59 Å². The second kappa shape index (κ2) is 9.70. The van der Waals surface area contributed by atoms with Crippen molar-refractivity contribution in [2.45, 2.75) is 13.0 Å². The lowest BCUT2D eigenvalue weighted by atomic mass is 9.95. The number of hydrogen-bond donors (Lipinski definition) is 1. The Morgan fingerprint density at radius 3 is 2.57 bits per heavy atom. The van der Waals surface area contributed by atoms with Crippen LogP contribution in [0.2, 0.25) is 10.0 Å². The van der Waals surface area contributed by atoms with Crippen LogP contribution in [0.4, 0.5) is 5.13 Å². The number of aliphatic hydroxyl groups excluding tert-OH is 1. The fourth-order valence-corrected chi connectivity index (χ4v) is 6.03. The Morgan fingerprint density at radius 2 is 1.84 bits per heavy atom. The molecule has 0 spiro atoms. The van der Waals surface area contributed by atoms with E-state index in [1.54, 1.807) is 24.3 Å². The Morgan fingerprint density at radius 1 is 1.05 bits per heavy atom. The van der Waals surface area contributed by atoms with Gasteiger partial charge in [-0.05, 0) is 54.4 Å². The fraction of sp³-hybridized carbons (Fsp3) is 0.148. The number of methoxy groups -OCH3 is 2. The summed E-state index contributed by atoms with van der Waals surface area (Å²) < 4.78 is 11.6. The van der Waals surface area contributed by atoms with Crippen molar-refractivity contribution in [1.82, 2.24) is 4.98 Å². The number of carbonyl (C=O) groups is 2. The number of amides is 1. The molecule has 37 heavy (non-hydrogen) atoms. The van der Waals surface area contributed by atoms with Gasteiger partial charge >= 0.3 is 5.91 Å². The monoisotopic (exact) mass is 554 g/mol. The molecule has 1 aliphatic rings. The molecule has 1 atom stereocenters. The maximum absolute atomic E-state index is 13.5. The quantitative estimate of drug-likeness (QED) is 0.171. The van der Waals surface area contributed by atoms with Gasteiger partial charge in [0.2, 0.25) is 0 Å². The van der Waals surface area contributed by atoms with E-state index >= 15 is 0 Å². The van der Waals surface area contributed by atoms with Gasteiger partial charge in [0.25, 0.3) is 5.78 Å². The second-order valence-corrected chi connectivity index (χ2v) is 10.2. The number of Topliss-reactive ketones (excluding diaryl/α,β-unsaturated/α-hetero) is 1. The molecule has 7 nitrogen and oxygen atoms in total. The average Bonchev–Trinajstić information content (AvgIpc) is 3.40. The lowest BCUT2D eigenvalue weighted by Gasteiger charge is -2.23. The molecular weight excluding hydrogens is 535 g/mol. The first-order valence-corrected chi connectivity index (χ1v) is 12.7. The Balaban J connectivity index is 1.78. The van der Waals surface area contributed by atoms with E-state index < -0.39 is 23.5 Å². The molecule has 0 bridgehead atoms. The minimum absolute atomic E-state index is 0.0887. The molecule has 1 aromatic heterocycles. The van der Waals surface area contributed by atoms with Crippen LogP contribution >= 0.6 is 34.5 Å². The second-order valence-electron chi connectivity index (χ2n) is 8.38. The highest BCUT2D eigenvalue weighted by atomic mass is 35.5. The fourth-order valence-electron chi connectivity index (χ4n) is 4.37. The molecular formula is C27H20Cl2N2O5S. The molecule has 5 rings (SSSR count). The Bertz CT molecular complexity index is 1610. The van der Waals surface area contributed by atoms with Crippen LogP contribution in [0, 0.1) is 6.92 Å². The number of aliphatic hydroxyl groups is 1. The number of nitrogens with zero attached hydrogens (tertiary/aromatic N) is 2. The van der Waals surface area contributed by atoms with Gasteiger partial charge in [-0.2, -0.15) is 0 Å². The van der Waals surface area contributed by atoms with E-state index in [9.17, 15) is 14.7 Å². The molecule has 0 aliphatic carbocycles. The van der Waals surface area contributed by atoms with E-state index in [1.165, 1.54) is 42.6 Å². The summed E-state index contributed by atoms with van der Waals surface area (Å²) in [5.74, 6) is -1.52. The van der Waals surface area contributed by atoms with Crippen molar-refractivity contribution in [2.24, 2.45) is 0 Å². The van der Waals surface area contributed by atoms with E-state index in [0.717, 1.165) is 10.3 Å². The number of ether oxygens (including phenoxy) is 2. The third kappa shape index (κ3) is 4.31. The number of aryl methyl sites for hydroxylation is 1. The molecule has 1 N–H and O–H groups in total. The largest absolute Gasteiger partial charge is 0.507 e. The van der Waals surface area contributed by atoms with Crippen LogP contribution in [0.1, 0.15) is 22.7 Å². The maximum atomic E-state index is 13.5. The first kappa shape index (κ1) is 25.1. The van der Waals surface area contributed by atoms with Crippen LogP contribution in [0.5, 0.6) is 11.5 Å². The summed E-state index contributed by atoms with van der Waals surface area (Å²) in [6, 6.07) is 14.6. The smallest absolute Gasteiger partial charge is 0.301 e. The molecule has 3 aromatic carbocycles. The van der Waals surface area contributed by atoms with Gasteiger partial charge in [0, 0.05) is 5.02 Å². The van der Waals surface area contributed by atoms with Gasteiger partial charge in [-0.1, -0.05) is 52.7 Å². The topological polar surface area (TPSA) is 89.0 Å². The summed E-state index contributed by atoms with van der Waals surface area (Å²) in [5.41, 5.74) is 2.22. The Labute approximate surface area is 226 Å². The summed E-state index contributed by atoms with van der Waals surface area (Å²) in [6.45, 7) is 1.96. The number of benzene rings is 3. The number of thiazole rings is 1. The average molecular weight is 555 g/mol. The van der Waals surface area contributed by atoms with Crippen molar-refractivity contribution in [3.05, 3.63) is 86.9 Å². The van der Waals surface area contributed by atoms with E-state index in [4.69, 9.17) is 32.7 Å². The number of ketones is 1. The number of carbonyl (C=O) groups excluding carboxylic acids is 2. The summed E-state index contributed by atoms with van der Waals surface area (Å²) in [7, 11) is 2.90. The Kier molecular flexibility index (Phi) is 6.58. The highest BCUT2D eigenvalue weighted by molar-refractivity contribution is 7.22. The molecule has 4 aromatic rings. The maximum Gasteiger partial charge on any atom is 0.301 e. The number of rotatable bonds is 5. The first-order valence-electron chi connectivity index (χ1n) is 11.1. The molecule has 1 unspecified atom stereocenters. The van der Waals surface area contributed by atoms with E-state index in [-0.39, 0.29) is 26.9 Å². The van der Waals surface area contributed by atoms with Gasteiger partial charge in [0.1, 0.15) is 17.3 Å².